The number of hydrogen-bond acceptors (Lipinski definition) is 5. The molecule has 3 rings (SSSR count). The van der Waals surface area contributed by atoms with Gasteiger partial charge in [-0.2, -0.15) is 0 Å². The van der Waals surface area contributed by atoms with Crippen LogP contribution in [0.5, 0.6) is 5.75 Å². The molecule has 1 amide bonds. The number of para-hydroxylation sites is 1. The maximum atomic E-state index is 12.3. The summed E-state index contributed by atoms with van der Waals surface area (Å²) < 4.78 is 5.61. The third-order valence-corrected chi connectivity index (χ3v) is 4.16. The molecule has 0 saturated carbocycles. The number of carbonyl (C=O) groups is 1. The molecule has 1 N–H and O–H groups in total. The van der Waals surface area contributed by atoms with Crippen LogP contribution in [0.15, 0.2) is 36.7 Å². The molecule has 0 spiro atoms. The Labute approximate surface area is 145 Å². The molecule has 0 bridgehead atoms. The zero-order valence-corrected chi connectivity index (χ0v) is 14.2. The van der Waals surface area contributed by atoms with Crippen LogP contribution >= 0.6 is 11.6 Å². The molecule has 1 saturated heterocycles. The highest BCUT2D eigenvalue weighted by atomic mass is 35.5. The number of rotatable bonds is 5. The average molecular weight is 347 g/mol. The molecule has 1 aliphatic rings. The Kier molecular flexibility index (Phi) is 5.15. The molecule has 1 fully saturated rings. The topological polar surface area (TPSA) is 67.3 Å². The van der Waals surface area contributed by atoms with Gasteiger partial charge in [-0.25, -0.2) is 9.97 Å². The lowest BCUT2D eigenvalue weighted by atomic mass is 10.3. The van der Waals surface area contributed by atoms with Gasteiger partial charge in [0, 0.05) is 19.2 Å². The van der Waals surface area contributed by atoms with E-state index in [1.807, 2.05) is 0 Å². The van der Waals surface area contributed by atoms with E-state index in [4.69, 9.17) is 16.3 Å². The first-order valence-electron chi connectivity index (χ1n) is 7.92. The molecule has 0 radical (unpaired) electrons. The number of ether oxygens (including phenoxy) is 1. The number of anilines is 2. The molecule has 126 valence electrons. The van der Waals surface area contributed by atoms with Crippen molar-refractivity contribution in [3.8, 4) is 5.75 Å². The van der Waals surface area contributed by atoms with E-state index in [1.165, 1.54) is 6.33 Å². The van der Waals surface area contributed by atoms with Gasteiger partial charge >= 0.3 is 0 Å². The van der Waals surface area contributed by atoms with E-state index in [1.54, 1.807) is 37.3 Å². The standard InChI is InChI=1S/C17H19ClN4O2/c1-12(24-14-7-3-2-6-13(14)18)17(23)21-15-10-16(20-11-19-15)22-8-4-5-9-22/h2-3,6-7,10-12H,4-5,8-9H2,1H3,(H,19,20,21,23)/t12-/m1/s1. The van der Waals surface area contributed by atoms with Gasteiger partial charge in [0.25, 0.3) is 5.91 Å². The van der Waals surface area contributed by atoms with Gasteiger partial charge in [0.1, 0.15) is 23.7 Å². The van der Waals surface area contributed by atoms with Crippen LogP contribution in [-0.4, -0.2) is 35.1 Å². The van der Waals surface area contributed by atoms with Crippen LogP contribution in [0.1, 0.15) is 19.8 Å². The monoisotopic (exact) mass is 346 g/mol. The third-order valence-electron chi connectivity index (χ3n) is 3.84. The van der Waals surface area contributed by atoms with Crippen molar-refractivity contribution in [1.82, 2.24) is 9.97 Å². The Hall–Kier alpha value is -2.34. The number of halogens is 1. The fraction of sp³-hybridized carbons (Fsp3) is 0.353. The number of benzene rings is 1. The number of carbonyl (C=O) groups excluding carboxylic acids is 1. The summed E-state index contributed by atoms with van der Waals surface area (Å²) in [6, 6.07) is 8.83. The predicted molar refractivity (Wildman–Crippen MR) is 93.7 cm³/mol. The smallest absolute Gasteiger partial charge is 0.266 e. The molecule has 2 heterocycles. The first-order valence-corrected chi connectivity index (χ1v) is 8.30. The fourth-order valence-corrected chi connectivity index (χ4v) is 2.73. The molecular weight excluding hydrogens is 328 g/mol. The van der Waals surface area contributed by atoms with E-state index >= 15 is 0 Å². The Morgan fingerprint density at radius 3 is 2.79 bits per heavy atom. The van der Waals surface area contributed by atoms with Crippen molar-refractivity contribution in [2.24, 2.45) is 0 Å². The van der Waals surface area contributed by atoms with Crippen molar-refractivity contribution >= 4 is 29.1 Å². The van der Waals surface area contributed by atoms with E-state index in [0.717, 1.165) is 31.7 Å². The maximum absolute atomic E-state index is 12.3. The number of hydrogen-bond donors (Lipinski definition) is 1. The third kappa shape index (κ3) is 3.94. The van der Waals surface area contributed by atoms with Crippen LogP contribution in [0.25, 0.3) is 0 Å². The lowest BCUT2D eigenvalue weighted by Crippen LogP contribution is -2.30. The van der Waals surface area contributed by atoms with Crippen molar-refractivity contribution in [2.45, 2.75) is 25.9 Å². The van der Waals surface area contributed by atoms with Crippen LogP contribution < -0.4 is 15.0 Å². The number of nitrogens with zero attached hydrogens (tertiary/aromatic N) is 3. The number of nitrogens with one attached hydrogen (secondary N) is 1. The van der Waals surface area contributed by atoms with Crippen LogP contribution in [0.3, 0.4) is 0 Å². The summed E-state index contributed by atoms with van der Waals surface area (Å²) in [4.78, 5) is 22.9. The molecule has 1 atom stereocenters. The zero-order chi connectivity index (χ0) is 16.9. The first-order chi connectivity index (χ1) is 11.6. The summed E-state index contributed by atoms with van der Waals surface area (Å²) in [6.45, 7) is 3.63. The molecular formula is C17H19ClN4O2. The summed E-state index contributed by atoms with van der Waals surface area (Å²) >= 11 is 6.04. The number of aromatic nitrogens is 2. The van der Waals surface area contributed by atoms with Gasteiger partial charge in [0.05, 0.1) is 5.02 Å². The summed E-state index contributed by atoms with van der Waals surface area (Å²) in [7, 11) is 0. The minimum absolute atomic E-state index is 0.291. The maximum Gasteiger partial charge on any atom is 0.266 e. The summed E-state index contributed by atoms with van der Waals surface area (Å²) in [5.74, 6) is 1.48. The van der Waals surface area contributed by atoms with Crippen molar-refractivity contribution in [3.63, 3.8) is 0 Å². The largest absolute Gasteiger partial charge is 0.479 e. The Morgan fingerprint density at radius 2 is 2.04 bits per heavy atom. The van der Waals surface area contributed by atoms with Crippen molar-refractivity contribution in [1.29, 1.82) is 0 Å². The summed E-state index contributed by atoms with van der Waals surface area (Å²) in [6.07, 6.45) is 3.08. The minimum atomic E-state index is -0.699. The van der Waals surface area contributed by atoms with Gasteiger partial charge in [-0.15, -0.1) is 0 Å². The second-order valence-electron chi connectivity index (χ2n) is 5.64. The van der Waals surface area contributed by atoms with Gasteiger partial charge in [-0.3, -0.25) is 4.79 Å². The lowest BCUT2D eigenvalue weighted by Gasteiger charge is -2.18. The van der Waals surface area contributed by atoms with Crippen LogP contribution in [0.4, 0.5) is 11.6 Å². The van der Waals surface area contributed by atoms with Crippen LogP contribution in [-0.2, 0) is 4.79 Å². The molecule has 6 nitrogen and oxygen atoms in total. The molecule has 1 aromatic carbocycles. The van der Waals surface area contributed by atoms with E-state index in [-0.39, 0.29) is 5.91 Å². The van der Waals surface area contributed by atoms with Gasteiger partial charge in [-0.05, 0) is 31.9 Å². The highest BCUT2D eigenvalue weighted by Crippen LogP contribution is 2.24. The fourth-order valence-electron chi connectivity index (χ4n) is 2.55. The SMILES string of the molecule is C[C@@H](Oc1ccccc1Cl)C(=O)Nc1cc(N2CCCC2)ncn1. The second-order valence-corrected chi connectivity index (χ2v) is 6.04. The molecule has 1 aliphatic heterocycles. The van der Waals surface area contributed by atoms with Crippen molar-refractivity contribution in [3.05, 3.63) is 41.7 Å². The Morgan fingerprint density at radius 1 is 1.29 bits per heavy atom. The van der Waals surface area contributed by atoms with Gasteiger partial charge in [0.15, 0.2) is 6.10 Å². The van der Waals surface area contributed by atoms with Gasteiger partial charge < -0.3 is 15.0 Å². The molecule has 24 heavy (non-hydrogen) atoms. The number of amides is 1. The zero-order valence-electron chi connectivity index (χ0n) is 13.4. The van der Waals surface area contributed by atoms with Gasteiger partial charge in [0.2, 0.25) is 0 Å². The highest BCUT2D eigenvalue weighted by molar-refractivity contribution is 6.32. The Balaban J connectivity index is 1.63. The van der Waals surface area contributed by atoms with Crippen molar-refractivity contribution in [2.75, 3.05) is 23.3 Å². The average Bonchev–Trinajstić information content (AvgIpc) is 3.12. The van der Waals surface area contributed by atoms with Crippen LogP contribution in [0, 0.1) is 0 Å². The quantitative estimate of drug-likeness (QED) is 0.900. The molecule has 7 heteroatoms. The Bertz CT molecular complexity index is 719. The lowest BCUT2D eigenvalue weighted by molar-refractivity contribution is -0.122. The van der Waals surface area contributed by atoms with E-state index in [2.05, 4.69) is 20.2 Å². The van der Waals surface area contributed by atoms with E-state index < -0.39 is 6.10 Å². The molecule has 0 unspecified atom stereocenters. The molecule has 0 aliphatic carbocycles. The normalized spacial score (nSPS) is 15.2. The van der Waals surface area contributed by atoms with E-state index in [9.17, 15) is 4.79 Å². The second kappa shape index (κ2) is 7.49. The van der Waals surface area contributed by atoms with Crippen LogP contribution in [0.2, 0.25) is 5.02 Å². The predicted octanol–water partition coefficient (Wildman–Crippen LogP) is 3.14. The summed E-state index contributed by atoms with van der Waals surface area (Å²) in [5, 5.41) is 3.23. The highest BCUT2D eigenvalue weighted by Gasteiger charge is 2.18. The molecule has 1 aromatic heterocycles. The summed E-state index contributed by atoms with van der Waals surface area (Å²) in [5.41, 5.74) is 0. The minimum Gasteiger partial charge on any atom is -0.479 e. The molecule has 2 aromatic rings. The van der Waals surface area contributed by atoms with Crippen molar-refractivity contribution < 1.29 is 9.53 Å². The van der Waals surface area contributed by atoms with E-state index in [0.29, 0.717) is 16.6 Å². The van der Waals surface area contributed by atoms with Gasteiger partial charge in [-0.1, -0.05) is 23.7 Å². The first kappa shape index (κ1) is 16.5.